The highest BCUT2D eigenvalue weighted by atomic mass is 19.4. The van der Waals surface area contributed by atoms with Gasteiger partial charge in [-0.2, -0.15) is 13.2 Å². The number of halogens is 3. The van der Waals surface area contributed by atoms with Crippen LogP contribution in [-0.4, -0.2) is 30.4 Å². The minimum absolute atomic E-state index is 0.0706. The molecule has 0 heterocycles. The predicted molar refractivity (Wildman–Crippen MR) is 140 cm³/mol. The molecule has 1 aliphatic rings. The number of hydrogen-bond donors (Lipinski definition) is 3. The zero-order valence-electron chi connectivity index (χ0n) is 21.0. The van der Waals surface area contributed by atoms with Gasteiger partial charge in [-0.3, -0.25) is 9.59 Å². The van der Waals surface area contributed by atoms with Crippen LogP contribution in [0.3, 0.4) is 0 Å². The maximum absolute atomic E-state index is 13.0. The Kier molecular flexibility index (Phi) is 9.18. The average Bonchev–Trinajstić information content (AvgIpc) is 3.71. The van der Waals surface area contributed by atoms with Crippen molar-refractivity contribution >= 4 is 11.8 Å². The van der Waals surface area contributed by atoms with Crippen LogP contribution in [0, 0.1) is 0 Å². The molecule has 1 saturated carbocycles. The molecule has 8 heteroatoms. The molecule has 4 rings (SSSR count). The highest BCUT2D eigenvalue weighted by Crippen LogP contribution is 2.40. The number of rotatable bonds is 12. The van der Waals surface area contributed by atoms with Crippen molar-refractivity contribution < 1.29 is 22.8 Å². The number of benzene rings is 3. The first-order valence-electron chi connectivity index (χ1n) is 12.9. The Labute approximate surface area is 220 Å². The molecule has 0 bridgehead atoms. The highest BCUT2D eigenvalue weighted by Gasteiger charge is 2.37. The van der Waals surface area contributed by atoms with Crippen LogP contribution in [0.5, 0.6) is 0 Å². The monoisotopic (exact) mass is 523 g/mol. The van der Waals surface area contributed by atoms with Crippen molar-refractivity contribution in [2.75, 3.05) is 6.54 Å². The Bertz CT molecular complexity index is 1180. The van der Waals surface area contributed by atoms with Crippen LogP contribution in [0.2, 0.25) is 0 Å². The molecule has 0 aliphatic heterocycles. The lowest BCUT2D eigenvalue weighted by atomic mass is 10.1. The van der Waals surface area contributed by atoms with E-state index in [0.29, 0.717) is 31.3 Å². The Morgan fingerprint density at radius 3 is 2.18 bits per heavy atom. The van der Waals surface area contributed by atoms with E-state index >= 15 is 0 Å². The summed E-state index contributed by atoms with van der Waals surface area (Å²) in [5, 5.41) is 9.13. The van der Waals surface area contributed by atoms with Crippen LogP contribution in [0.4, 0.5) is 13.2 Å². The van der Waals surface area contributed by atoms with Crippen LogP contribution < -0.4 is 16.0 Å². The second-order valence-corrected chi connectivity index (χ2v) is 9.61. The van der Waals surface area contributed by atoms with Gasteiger partial charge in [0, 0.05) is 24.1 Å². The first-order valence-corrected chi connectivity index (χ1v) is 12.9. The van der Waals surface area contributed by atoms with E-state index in [9.17, 15) is 22.8 Å². The SMILES string of the molecule is O=C(NC(CCCCN[C@@H]1C[C@H]1c1ccccc1)C(=O)NCc1ccccc1)c1ccc(C(F)(F)F)cc1. The van der Waals surface area contributed by atoms with Crippen molar-refractivity contribution in [3.63, 3.8) is 0 Å². The first-order chi connectivity index (χ1) is 18.3. The smallest absolute Gasteiger partial charge is 0.350 e. The van der Waals surface area contributed by atoms with Crippen molar-refractivity contribution in [2.24, 2.45) is 0 Å². The third-order valence-corrected chi connectivity index (χ3v) is 6.75. The average molecular weight is 524 g/mol. The topological polar surface area (TPSA) is 70.2 Å². The van der Waals surface area contributed by atoms with Crippen molar-refractivity contribution in [1.29, 1.82) is 0 Å². The number of unbranched alkanes of at least 4 members (excludes halogenated alkanes) is 1. The molecule has 3 aromatic carbocycles. The van der Waals surface area contributed by atoms with E-state index < -0.39 is 23.7 Å². The lowest BCUT2D eigenvalue weighted by Gasteiger charge is -2.19. The third kappa shape index (κ3) is 7.92. The Morgan fingerprint density at radius 2 is 1.53 bits per heavy atom. The van der Waals surface area contributed by atoms with Gasteiger partial charge in [0.15, 0.2) is 0 Å². The highest BCUT2D eigenvalue weighted by molar-refractivity contribution is 5.97. The van der Waals surface area contributed by atoms with Gasteiger partial charge >= 0.3 is 6.18 Å². The third-order valence-electron chi connectivity index (χ3n) is 6.75. The molecule has 0 radical (unpaired) electrons. The largest absolute Gasteiger partial charge is 0.416 e. The molecule has 0 aromatic heterocycles. The molecule has 5 nitrogen and oxygen atoms in total. The molecule has 0 spiro atoms. The summed E-state index contributed by atoms with van der Waals surface area (Å²) in [5.41, 5.74) is 1.51. The molecule has 2 amide bonds. The lowest BCUT2D eigenvalue weighted by molar-refractivity contribution is -0.137. The minimum atomic E-state index is -4.48. The molecule has 3 N–H and O–H groups in total. The van der Waals surface area contributed by atoms with Crippen LogP contribution in [-0.2, 0) is 17.5 Å². The summed E-state index contributed by atoms with van der Waals surface area (Å²) in [6.45, 7) is 1.12. The fourth-order valence-corrected chi connectivity index (χ4v) is 4.48. The van der Waals surface area contributed by atoms with Crippen molar-refractivity contribution in [3.8, 4) is 0 Å². The normalized spacial score (nSPS) is 17.4. The number of amides is 2. The summed E-state index contributed by atoms with van der Waals surface area (Å²) in [5.74, 6) is -0.371. The van der Waals surface area contributed by atoms with E-state index in [1.807, 2.05) is 48.5 Å². The van der Waals surface area contributed by atoms with Crippen molar-refractivity contribution in [3.05, 3.63) is 107 Å². The molecule has 3 aromatic rings. The molecule has 0 saturated heterocycles. The summed E-state index contributed by atoms with van der Waals surface area (Å²) >= 11 is 0. The van der Waals surface area contributed by atoms with E-state index in [2.05, 4.69) is 28.1 Å². The summed E-state index contributed by atoms with van der Waals surface area (Å²) in [7, 11) is 0. The summed E-state index contributed by atoms with van der Waals surface area (Å²) < 4.78 is 38.6. The molecular formula is C30H32F3N3O2. The number of carbonyl (C=O) groups excluding carboxylic acids is 2. The predicted octanol–water partition coefficient (Wildman–Crippen LogP) is 5.44. The molecule has 38 heavy (non-hydrogen) atoms. The standard InChI is InChI=1S/C30H32F3N3O2/c31-30(32,33)24-16-14-23(15-17-24)28(37)36-26(29(38)35-20-21-9-3-1-4-10-21)13-7-8-18-34-27-19-25(27)22-11-5-2-6-12-22/h1-6,9-12,14-17,25-27,34H,7-8,13,18-20H2,(H,35,38)(H,36,37)/t25-,26?,27+/m0/s1. The Balaban J connectivity index is 1.28. The van der Waals surface area contributed by atoms with E-state index in [1.54, 1.807) is 0 Å². The summed E-state index contributed by atoms with van der Waals surface area (Å²) in [6, 6.07) is 23.5. The number of alkyl halides is 3. The molecule has 200 valence electrons. The van der Waals surface area contributed by atoms with E-state index in [0.717, 1.165) is 49.2 Å². The van der Waals surface area contributed by atoms with Gasteiger partial charge < -0.3 is 16.0 Å². The number of hydrogen-bond acceptors (Lipinski definition) is 3. The zero-order chi connectivity index (χ0) is 27.0. The molecular weight excluding hydrogens is 491 g/mol. The van der Waals surface area contributed by atoms with Gasteiger partial charge in [-0.15, -0.1) is 0 Å². The summed E-state index contributed by atoms with van der Waals surface area (Å²) in [6.07, 6.45) is -1.42. The van der Waals surface area contributed by atoms with Gasteiger partial charge in [0.05, 0.1) is 5.56 Å². The van der Waals surface area contributed by atoms with E-state index in [-0.39, 0.29) is 11.5 Å². The van der Waals surface area contributed by atoms with E-state index in [1.165, 1.54) is 5.56 Å². The van der Waals surface area contributed by atoms with Crippen molar-refractivity contribution in [2.45, 2.75) is 56.4 Å². The maximum Gasteiger partial charge on any atom is 0.416 e. The van der Waals surface area contributed by atoms with Crippen LogP contribution in [0.25, 0.3) is 0 Å². The second kappa shape index (κ2) is 12.7. The van der Waals surface area contributed by atoms with Gasteiger partial charge in [0.25, 0.3) is 5.91 Å². The number of nitrogens with one attached hydrogen (secondary N) is 3. The maximum atomic E-state index is 13.0. The molecule has 1 unspecified atom stereocenters. The van der Waals surface area contributed by atoms with Crippen molar-refractivity contribution in [1.82, 2.24) is 16.0 Å². The van der Waals surface area contributed by atoms with Gasteiger partial charge in [-0.25, -0.2) is 0 Å². The second-order valence-electron chi connectivity index (χ2n) is 9.61. The quantitative estimate of drug-likeness (QED) is 0.277. The van der Waals surface area contributed by atoms with Crippen LogP contribution >= 0.6 is 0 Å². The fraction of sp³-hybridized carbons (Fsp3) is 0.333. The van der Waals surface area contributed by atoms with Gasteiger partial charge in [0.2, 0.25) is 5.91 Å². The molecule has 3 atom stereocenters. The lowest BCUT2D eigenvalue weighted by Crippen LogP contribution is -2.46. The Hall–Kier alpha value is -3.65. The fourth-order valence-electron chi connectivity index (χ4n) is 4.48. The molecule has 1 fully saturated rings. The zero-order valence-corrected chi connectivity index (χ0v) is 21.0. The molecule has 1 aliphatic carbocycles. The summed E-state index contributed by atoms with van der Waals surface area (Å²) in [4.78, 5) is 25.7. The first kappa shape index (κ1) is 27.4. The van der Waals surface area contributed by atoms with Gasteiger partial charge in [-0.1, -0.05) is 60.7 Å². The van der Waals surface area contributed by atoms with Crippen LogP contribution in [0.1, 0.15) is 58.6 Å². The van der Waals surface area contributed by atoms with E-state index in [4.69, 9.17) is 0 Å². The van der Waals surface area contributed by atoms with Gasteiger partial charge in [-0.05, 0) is 67.6 Å². The number of carbonyl (C=O) groups is 2. The minimum Gasteiger partial charge on any atom is -0.350 e. The van der Waals surface area contributed by atoms with Gasteiger partial charge in [0.1, 0.15) is 6.04 Å². The Morgan fingerprint density at radius 1 is 0.868 bits per heavy atom. The van der Waals surface area contributed by atoms with Crippen LogP contribution in [0.15, 0.2) is 84.9 Å².